The number of nitrogens with one attached hydrogen (secondary N) is 1. The van der Waals surface area contributed by atoms with Crippen molar-refractivity contribution in [3.8, 4) is 0 Å². The number of amides is 1. The van der Waals surface area contributed by atoms with Gasteiger partial charge in [-0.25, -0.2) is 12.7 Å². The smallest absolute Gasteiger partial charge is 0.223 e. The highest BCUT2D eigenvalue weighted by molar-refractivity contribution is 7.88. The molecule has 1 amide bonds. The Morgan fingerprint density at radius 3 is 2.26 bits per heavy atom. The third kappa shape index (κ3) is 6.19. The Labute approximate surface area is 145 Å². The molecule has 2 fully saturated rings. The largest absolute Gasteiger partial charge is 0.340 e. The molecule has 0 unspecified atom stereocenters. The Balaban J connectivity index is 0.00000264. The number of halogens is 1. The van der Waals surface area contributed by atoms with E-state index in [2.05, 4.69) is 10.2 Å². The fourth-order valence-electron chi connectivity index (χ4n) is 3.14. The van der Waals surface area contributed by atoms with Crippen molar-refractivity contribution in [3.05, 3.63) is 0 Å². The van der Waals surface area contributed by atoms with Gasteiger partial charge in [-0.2, -0.15) is 0 Å². The fraction of sp³-hybridized carbons (Fsp3) is 0.929. The second kappa shape index (κ2) is 9.17. The van der Waals surface area contributed by atoms with Crippen molar-refractivity contribution in [2.45, 2.75) is 25.3 Å². The number of sulfonamides is 1. The van der Waals surface area contributed by atoms with E-state index in [0.29, 0.717) is 25.6 Å². The minimum atomic E-state index is -3.07. The number of hydrogen-bond donors (Lipinski definition) is 1. The molecule has 2 aliphatic heterocycles. The molecule has 0 aromatic carbocycles. The second-order valence-electron chi connectivity index (χ2n) is 6.25. The van der Waals surface area contributed by atoms with Gasteiger partial charge >= 0.3 is 0 Å². The number of carbonyl (C=O) groups is 1. The van der Waals surface area contributed by atoms with Crippen molar-refractivity contribution >= 4 is 28.3 Å². The number of nitrogens with zero attached hydrogens (tertiary/aromatic N) is 3. The average Bonchev–Trinajstić information content (AvgIpc) is 2.52. The molecule has 9 heteroatoms. The molecule has 2 aliphatic rings. The van der Waals surface area contributed by atoms with Gasteiger partial charge in [0.25, 0.3) is 0 Å². The number of carbonyl (C=O) groups excluding carboxylic acids is 1. The van der Waals surface area contributed by atoms with E-state index in [4.69, 9.17) is 0 Å². The molecule has 0 aliphatic carbocycles. The summed E-state index contributed by atoms with van der Waals surface area (Å²) in [5, 5.41) is 3.24. The molecule has 136 valence electrons. The van der Waals surface area contributed by atoms with Crippen LogP contribution in [0.4, 0.5) is 0 Å². The maximum absolute atomic E-state index is 12.2. The Morgan fingerprint density at radius 1 is 1.17 bits per heavy atom. The second-order valence-corrected chi connectivity index (χ2v) is 8.24. The molecule has 1 N–H and O–H groups in total. The lowest BCUT2D eigenvalue weighted by Crippen LogP contribution is -2.48. The van der Waals surface area contributed by atoms with Crippen LogP contribution in [0.2, 0.25) is 0 Å². The van der Waals surface area contributed by atoms with E-state index in [1.54, 1.807) is 4.31 Å². The molecule has 2 rings (SSSR count). The molecular weight excluding hydrogens is 340 g/mol. The monoisotopic (exact) mass is 368 g/mol. The van der Waals surface area contributed by atoms with Gasteiger partial charge in [-0.1, -0.05) is 0 Å². The van der Waals surface area contributed by atoms with Crippen LogP contribution in [0.5, 0.6) is 0 Å². The third-order valence-corrected chi connectivity index (χ3v) is 5.97. The highest BCUT2D eigenvalue weighted by Gasteiger charge is 2.27. The number of piperazine rings is 1. The first-order valence-electron chi connectivity index (χ1n) is 8.02. The highest BCUT2D eigenvalue weighted by atomic mass is 35.5. The number of hydrogen-bond acceptors (Lipinski definition) is 5. The topological polar surface area (TPSA) is 73.0 Å². The first-order chi connectivity index (χ1) is 10.4. The van der Waals surface area contributed by atoms with Crippen molar-refractivity contribution in [1.82, 2.24) is 19.4 Å². The standard InChI is InChI=1S/C14H28N4O3S.ClH/c1-16(8-5-14(19)17-11-6-15-7-12-17)13-3-9-18(10-4-13)22(2,20)21;/h13,15H,3-12H2,1-2H3;1H. The minimum Gasteiger partial charge on any atom is -0.340 e. The van der Waals surface area contributed by atoms with Crippen molar-refractivity contribution < 1.29 is 13.2 Å². The van der Waals surface area contributed by atoms with E-state index in [1.165, 1.54) is 6.26 Å². The van der Waals surface area contributed by atoms with Crippen LogP contribution in [0, 0.1) is 0 Å². The zero-order chi connectivity index (χ0) is 16.2. The van der Waals surface area contributed by atoms with Crippen LogP contribution >= 0.6 is 12.4 Å². The van der Waals surface area contributed by atoms with E-state index in [1.807, 2.05) is 11.9 Å². The third-order valence-electron chi connectivity index (χ3n) is 4.66. The predicted octanol–water partition coefficient (Wildman–Crippen LogP) is -0.414. The molecule has 7 nitrogen and oxygen atoms in total. The van der Waals surface area contributed by atoms with Crippen LogP contribution in [0.25, 0.3) is 0 Å². The summed E-state index contributed by atoms with van der Waals surface area (Å²) in [6, 6.07) is 0.369. The summed E-state index contributed by atoms with van der Waals surface area (Å²) in [6.07, 6.45) is 3.49. The number of piperidine rings is 1. The predicted molar refractivity (Wildman–Crippen MR) is 93.4 cm³/mol. The van der Waals surface area contributed by atoms with Gasteiger partial charge in [0.05, 0.1) is 6.26 Å². The van der Waals surface area contributed by atoms with E-state index < -0.39 is 10.0 Å². The number of rotatable bonds is 5. The van der Waals surface area contributed by atoms with Crippen LogP contribution in [0.1, 0.15) is 19.3 Å². The summed E-state index contributed by atoms with van der Waals surface area (Å²) in [4.78, 5) is 16.3. The highest BCUT2D eigenvalue weighted by Crippen LogP contribution is 2.17. The van der Waals surface area contributed by atoms with Crippen LogP contribution in [-0.2, 0) is 14.8 Å². The maximum atomic E-state index is 12.2. The molecule has 2 saturated heterocycles. The van der Waals surface area contributed by atoms with Crippen LogP contribution < -0.4 is 5.32 Å². The molecule has 0 aromatic rings. The first kappa shape index (κ1) is 20.6. The van der Waals surface area contributed by atoms with Gasteiger partial charge in [0, 0.05) is 58.3 Å². The SMILES string of the molecule is CN(CCC(=O)N1CCNCC1)C1CCN(S(C)(=O)=O)CC1.Cl. The van der Waals surface area contributed by atoms with Crippen LogP contribution in [-0.4, -0.2) is 93.6 Å². The molecule has 0 saturated carbocycles. The molecule has 0 bridgehead atoms. The maximum Gasteiger partial charge on any atom is 0.223 e. The lowest BCUT2D eigenvalue weighted by atomic mass is 10.1. The zero-order valence-corrected chi connectivity index (χ0v) is 15.7. The summed E-state index contributed by atoms with van der Waals surface area (Å²) in [5.74, 6) is 0.224. The summed E-state index contributed by atoms with van der Waals surface area (Å²) < 4.78 is 24.6. The van der Waals surface area contributed by atoms with Gasteiger partial charge in [-0.3, -0.25) is 4.79 Å². The molecule has 0 radical (unpaired) electrons. The minimum absolute atomic E-state index is 0. The van der Waals surface area contributed by atoms with Gasteiger partial charge in [0.2, 0.25) is 15.9 Å². The summed E-state index contributed by atoms with van der Waals surface area (Å²) in [5.41, 5.74) is 0. The van der Waals surface area contributed by atoms with Crippen molar-refractivity contribution in [1.29, 1.82) is 0 Å². The van der Waals surface area contributed by atoms with Crippen molar-refractivity contribution in [2.24, 2.45) is 0 Å². The average molecular weight is 369 g/mol. The van der Waals surface area contributed by atoms with Crippen LogP contribution in [0.3, 0.4) is 0 Å². The summed E-state index contributed by atoms with van der Waals surface area (Å²) in [7, 11) is -1.03. The Morgan fingerprint density at radius 2 is 1.74 bits per heavy atom. The van der Waals surface area contributed by atoms with Crippen molar-refractivity contribution in [2.75, 3.05) is 59.1 Å². The van der Waals surface area contributed by atoms with E-state index in [-0.39, 0.29) is 18.3 Å². The molecule has 0 atom stereocenters. The van der Waals surface area contributed by atoms with Gasteiger partial charge in [0.1, 0.15) is 0 Å². The lowest BCUT2D eigenvalue weighted by molar-refractivity contribution is -0.132. The Hall–Kier alpha value is -0.410. The van der Waals surface area contributed by atoms with Gasteiger partial charge in [-0.15, -0.1) is 12.4 Å². The molecular formula is C14H29ClN4O3S. The van der Waals surface area contributed by atoms with Gasteiger partial charge < -0.3 is 15.1 Å². The van der Waals surface area contributed by atoms with E-state index in [0.717, 1.165) is 45.6 Å². The molecule has 2 heterocycles. The Kier molecular flexibility index (Phi) is 8.23. The Bertz CT molecular complexity index is 474. The fourth-order valence-corrected chi connectivity index (χ4v) is 4.02. The molecule has 23 heavy (non-hydrogen) atoms. The van der Waals surface area contributed by atoms with Gasteiger partial charge in [0.15, 0.2) is 0 Å². The first-order valence-corrected chi connectivity index (χ1v) is 9.86. The summed E-state index contributed by atoms with van der Waals surface area (Å²) >= 11 is 0. The van der Waals surface area contributed by atoms with E-state index in [9.17, 15) is 13.2 Å². The van der Waals surface area contributed by atoms with E-state index >= 15 is 0 Å². The van der Waals surface area contributed by atoms with Crippen LogP contribution in [0.15, 0.2) is 0 Å². The van der Waals surface area contributed by atoms with Crippen molar-refractivity contribution in [3.63, 3.8) is 0 Å². The lowest BCUT2D eigenvalue weighted by Gasteiger charge is -2.36. The van der Waals surface area contributed by atoms with Gasteiger partial charge in [-0.05, 0) is 19.9 Å². The summed E-state index contributed by atoms with van der Waals surface area (Å²) in [6.45, 7) is 5.27. The molecule has 0 aromatic heterocycles. The zero-order valence-electron chi connectivity index (χ0n) is 14.0. The normalized spacial score (nSPS) is 21.3. The molecule has 0 spiro atoms. The quantitative estimate of drug-likeness (QED) is 0.714.